The Bertz CT molecular complexity index is 435. The number of hydrogen-bond acceptors (Lipinski definition) is 3. The molecule has 0 bridgehead atoms. The van der Waals surface area contributed by atoms with E-state index in [0.29, 0.717) is 11.4 Å². The van der Waals surface area contributed by atoms with Crippen molar-refractivity contribution in [2.75, 3.05) is 7.05 Å². The zero-order valence-electron chi connectivity index (χ0n) is 10.6. The molecule has 0 saturated heterocycles. The Kier molecular flexibility index (Phi) is 5.17. The van der Waals surface area contributed by atoms with Crippen molar-refractivity contribution < 1.29 is 8.42 Å². The van der Waals surface area contributed by atoms with Crippen LogP contribution >= 0.6 is 0 Å². The summed E-state index contributed by atoms with van der Waals surface area (Å²) in [6.45, 7) is 4.57. The van der Waals surface area contributed by atoms with E-state index in [9.17, 15) is 8.42 Å². The van der Waals surface area contributed by atoms with Gasteiger partial charge in [0.1, 0.15) is 0 Å². The monoisotopic (exact) mass is 259 g/mol. The summed E-state index contributed by atoms with van der Waals surface area (Å²) in [5, 5.41) is 2.97. The average Bonchev–Trinajstić information content (AvgIpc) is 2.76. The molecule has 0 aromatic carbocycles. The molecule has 1 rings (SSSR count). The van der Waals surface area contributed by atoms with Crippen LogP contribution in [-0.2, 0) is 16.6 Å². The van der Waals surface area contributed by atoms with Gasteiger partial charge in [0, 0.05) is 24.5 Å². The van der Waals surface area contributed by atoms with E-state index in [1.807, 2.05) is 20.9 Å². The van der Waals surface area contributed by atoms with Gasteiger partial charge in [-0.1, -0.05) is 13.8 Å². The Morgan fingerprint density at radius 2 is 2.00 bits per heavy atom. The van der Waals surface area contributed by atoms with Crippen LogP contribution in [0.5, 0.6) is 0 Å². The van der Waals surface area contributed by atoms with E-state index < -0.39 is 10.0 Å². The van der Waals surface area contributed by atoms with E-state index in [4.69, 9.17) is 0 Å². The fourth-order valence-electron chi connectivity index (χ4n) is 1.61. The lowest BCUT2D eigenvalue weighted by molar-refractivity contribution is 0.530. The molecule has 0 unspecified atom stereocenters. The van der Waals surface area contributed by atoms with Gasteiger partial charge in [0.2, 0.25) is 10.0 Å². The zero-order chi connectivity index (χ0) is 12.9. The highest BCUT2D eigenvalue weighted by molar-refractivity contribution is 7.89. The maximum atomic E-state index is 12.0. The first-order chi connectivity index (χ1) is 8.03. The molecule has 0 fully saturated rings. The van der Waals surface area contributed by atoms with Crippen LogP contribution in [0, 0.1) is 0 Å². The van der Waals surface area contributed by atoms with Crippen molar-refractivity contribution >= 4 is 10.0 Å². The summed E-state index contributed by atoms with van der Waals surface area (Å²) in [5.41, 5.74) is 0.859. The summed E-state index contributed by atoms with van der Waals surface area (Å²) >= 11 is 0. The molecule has 0 spiro atoms. The molecule has 0 aliphatic rings. The van der Waals surface area contributed by atoms with Crippen molar-refractivity contribution in [3.05, 3.63) is 18.0 Å². The van der Waals surface area contributed by atoms with Gasteiger partial charge in [-0.15, -0.1) is 0 Å². The first-order valence-electron chi connectivity index (χ1n) is 5.87. The summed E-state index contributed by atoms with van der Waals surface area (Å²) in [7, 11) is -1.57. The van der Waals surface area contributed by atoms with Gasteiger partial charge in [-0.2, -0.15) is 0 Å². The highest BCUT2D eigenvalue weighted by Crippen LogP contribution is 2.12. The van der Waals surface area contributed by atoms with Crippen LogP contribution < -0.4 is 10.0 Å². The second-order valence-electron chi connectivity index (χ2n) is 4.03. The first-order valence-corrected chi connectivity index (χ1v) is 7.36. The van der Waals surface area contributed by atoms with E-state index in [1.54, 1.807) is 6.07 Å². The standard InChI is InChI=1S/C11H21N3O2S/c1-4-9(5-2)14-17(15,16)11-6-10(7-12-3)13-8-11/h6,8-9,12-14H,4-5,7H2,1-3H3. The molecule has 17 heavy (non-hydrogen) atoms. The summed E-state index contributed by atoms with van der Waals surface area (Å²) in [6.07, 6.45) is 3.12. The highest BCUT2D eigenvalue weighted by atomic mass is 32.2. The first kappa shape index (κ1) is 14.2. The van der Waals surface area contributed by atoms with Crippen LogP contribution in [0.1, 0.15) is 32.4 Å². The Balaban J connectivity index is 2.81. The van der Waals surface area contributed by atoms with Gasteiger partial charge in [0.05, 0.1) is 4.90 Å². The molecule has 98 valence electrons. The maximum Gasteiger partial charge on any atom is 0.242 e. The van der Waals surface area contributed by atoms with Crippen LogP contribution in [0.2, 0.25) is 0 Å². The van der Waals surface area contributed by atoms with Crippen LogP contribution in [0.25, 0.3) is 0 Å². The summed E-state index contributed by atoms with van der Waals surface area (Å²) in [5.74, 6) is 0. The Hall–Kier alpha value is -0.850. The lowest BCUT2D eigenvalue weighted by atomic mass is 10.2. The molecule has 6 heteroatoms. The molecule has 5 nitrogen and oxygen atoms in total. The lowest BCUT2D eigenvalue weighted by Gasteiger charge is -2.13. The van der Waals surface area contributed by atoms with Crippen molar-refractivity contribution in [1.29, 1.82) is 0 Å². The predicted octanol–water partition coefficient (Wildman–Crippen LogP) is 1.20. The van der Waals surface area contributed by atoms with Crippen molar-refractivity contribution in [3.63, 3.8) is 0 Å². The van der Waals surface area contributed by atoms with Gasteiger partial charge in [-0.25, -0.2) is 13.1 Å². The number of aromatic amines is 1. The van der Waals surface area contributed by atoms with E-state index in [2.05, 4.69) is 15.0 Å². The normalized spacial score (nSPS) is 12.2. The Morgan fingerprint density at radius 1 is 1.35 bits per heavy atom. The molecule has 1 aromatic rings. The third-order valence-corrected chi connectivity index (χ3v) is 4.20. The van der Waals surface area contributed by atoms with Crippen molar-refractivity contribution in [1.82, 2.24) is 15.0 Å². The smallest absolute Gasteiger partial charge is 0.242 e. The van der Waals surface area contributed by atoms with E-state index >= 15 is 0 Å². The fraction of sp³-hybridized carbons (Fsp3) is 0.636. The summed E-state index contributed by atoms with van der Waals surface area (Å²) < 4.78 is 26.7. The van der Waals surface area contributed by atoms with Crippen molar-refractivity contribution in [2.45, 2.75) is 44.2 Å². The number of hydrogen-bond donors (Lipinski definition) is 3. The predicted molar refractivity (Wildman–Crippen MR) is 68.2 cm³/mol. The topological polar surface area (TPSA) is 74.0 Å². The minimum absolute atomic E-state index is 0.00245. The van der Waals surface area contributed by atoms with Crippen LogP contribution in [0.3, 0.4) is 0 Å². The third-order valence-electron chi connectivity index (χ3n) is 2.70. The molecule has 0 atom stereocenters. The number of aromatic nitrogens is 1. The van der Waals surface area contributed by atoms with Gasteiger partial charge in [-0.05, 0) is 26.0 Å². The number of rotatable bonds is 7. The fourth-order valence-corrected chi connectivity index (χ4v) is 3.03. The minimum Gasteiger partial charge on any atom is -0.363 e. The number of sulfonamides is 1. The van der Waals surface area contributed by atoms with Crippen LogP contribution in [0.15, 0.2) is 17.2 Å². The van der Waals surface area contributed by atoms with E-state index in [0.717, 1.165) is 18.5 Å². The van der Waals surface area contributed by atoms with Crippen molar-refractivity contribution in [2.24, 2.45) is 0 Å². The highest BCUT2D eigenvalue weighted by Gasteiger charge is 2.19. The molecule has 3 N–H and O–H groups in total. The molecule has 0 amide bonds. The molecular weight excluding hydrogens is 238 g/mol. The molecule has 1 heterocycles. The molecule has 1 aromatic heterocycles. The molecular formula is C11H21N3O2S. The van der Waals surface area contributed by atoms with Gasteiger partial charge in [-0.3, -0.25) is 0 Å². The second-order valence-corrected chi connectivity index (χ2v) is 5.74. The summed E-state index contributed by atoms with van der Waals surface area (Å²) in [6, 6.07) is 1.66. The lowest BCUT2D eigenvalue weighted by Crippen LogP contribution is -2.33. The minimum atomic E-state index is -3.39. The maximum absolute atomic E-state index is 12.0. The molecule has 0 saturated carbocycles. The Labute approximate surface area is 103 Å². The second kappa shape index (κ2) is 6.18. The van der Waals surface area contributed by atoms with E-state index in [-0.39, 0.29) is 6.04 Å². The average molecular weight is 259 g/mol. The van der Waals surface area contributed by atoms with Crippen LogP contribution in [-0.4, -0.2) is 26.5 Å². The largest absolute Gasteiger partial charge is 0.363 e. The molecule has 0 radical (unpaired) electrons. The van der Waals surface area contributed by atoms with Gasteiger partial charge >= 0.3 is 0 Å². The summed E-state index contributed by atoms with van der Waals surface area (Å²) in [4.78, 5) is 3.24. The zero-order valence-corrected chi connectivity index (χ0v) is 11.4. The quantitative estimate of drug-likeness (QED) is 0.689. The molecule has 0 aliphatic heterocycles. The van der Waals surface area contributed by atoms with Crippen molar-refractivity contribution in [3.8, 4) is 0 Å². The van der Waals surface area contributed by atoms with E-state index in [1.165, 1.54) is 6.20 Å². The number of H-pyrrole nitrogens is 1. The Morgan fingerprint density at radius 3 is 2.53 bits per heavy atom. The van der Waals surface area contributed by atoms with Gasteiger partial charge in [0.15, 0.2) is 0 Å². The number of nitrogens with one attached hydrogen (secondary N) is 3. The van der Waals surface area contributed by atoms with Gasteiger partial charge < -0.3 is 10.3 Å². The SMILES string of the molecule is CCC(CC)NS(=O)(=O)c1c[nH]c(CNC)c1. The van der Waals surface area contributed by atoms with Gasteiger partial charge in [0.25, 0.3) is 0 Å². The molecule has 0 aliphatic carbocycles. The third kappa shape index (κ3) is 3.83. The van der Waals surface area contributed by atoms with Crippen LogP contribution in [0.4, 0.5) is 0 Å².